The largest absolute Gasteiger partial charge is 0.487 e. The molecule has 0 saturated carbocycles. The number of hydrogen-bond donors (Lipinski definition) is 1. The molecule has 2 heterocycles. The Morgan fingerprint density at radius 3 is 2.78 bits per heavy atom. The lowest BCUT2D eigenvalue weighted by molar-refractivity contribution is 0.306. The molecule has 1 N–H and O–H groups in total. The number of hydrogen-bond acceptors (Lipinski definition) is 4. The summed E-state index contributed by atoms with van der Waals surface area (Å²) < 4.78 is 7.57. The van der Waals surface area contributed by atoms with Crippen LogP contribution in [0.3, 0.4) is 0 Å². The van der Waals surface area contributed by atoms with E-state index in [9.17, 15) is 0 Å². The van der Waals surface area contributed by atoms with Crippen LogP contribution >= 0.6 is 23.2 Å². The first kappa shape index (κ1) is 17.6. The molecule has 7 heteroatoms. The van der Waals surface area contributed by atoms with E-state index in [-0.39, 0.29) is 0 Å². The summed E-state index contributed by atoms with van der Waals surface area (Å²) in [4.78, 5) is 4.30. The van der Waals surface area contributed by atoms with Crippen molar-refractivity contribution in [3.8, 4) is 5.75 Å². The van der Waals surface area contributed by atoms with Crippen molar-refractivity contribution in [1.29, 1.82) is 0 Å². The van der Waals surface area contributed by atoms with E-state index in [1.807, 2.05) is 61.5 Å². The Bertz CT molecular complexity index is 1110. The monoisotopic (exact) mass is 398 g/mol. The number of aryl methyl sites for hydroxylation is 1. The maximum Gasteiger partial charge on any atom is 0.157 e. The summed E-state index contributed by atoms with van der Waals surface area (Å²) in [7, 11) is 0. The highest BCUT2D eigenvalue weighted by Gasteiger charge is 2.08. The first-order valence-corrected chi connectivity index (χ1v) is 9.09. The second-order valence-corrected chi connectivity index (χ2v) is 6.92. The van der Waals surface area contributed by atoms with Crippen molar-refractivity contribution >= 4 is 40.4 Å². The number of ether oxygens (including phenoxy) is 1. The molecule has 4 aromatic rings. The van der Waals surface area contributed by atoms with Crippen LogP contribution in [0.5, 0.6) is 5.75 Å². The predicted octanol–water partition coefficient (Wildman–Crippen LogP) is 5.67. The van der Waals surface area contributed by atoms with Gasteiger partial charge in [-0.25, -0.2) is 4.98 Å². The molecule has 0 unspecified atom stereocenters. The lowest BCUT2D eigenvalue weighted by atomic mass is 10.2. The predicted molar refractivity (Wildman–Crippen MR) is 108 cm³/mol. The fourth-order valence-electron chi connectivity index (χ4n) is 2.74. The molecule has 0 atom stereocenters. The van der Waals surface area contributed by atoms with Gasteiger partial charge in [0.15, 0.2) is 5.65 Å². The second-order valence-electron chi connectivity index (χ2n) is 6.07. The Labute approximate surface area is 166 Å². The molecule has 136 valence electrons. The van der Waals surface area contributed by atoms with Gasteiger partial charge in [-0.3, -0.25) is 0 Å². The highest BCUT2D eigenvalue weighted by atomic mass is 35.5. The minimum Gasteiger partial charge on any atom is -0.487 e. The zero-order valence-corrected chi connectivity index (χ0v) is 16.0. The number of nitrogens with zero attached hydrogens (tertiary/aromatic N) is 3. The Balaban J connectivity index is 1.51. The molecule has 4 rings (SSSR count). The van der Waals surface area contributed by atoms with Crippen LogP contribution in [-0.4, -0.2) is 14.6 Å². The lowest BCUT2D eigenvalue weighted by Crippen LogP contribution is -2.01. The number of fused-ring (bicyclic) bond motifs is 1. The minimum absolute atomic E-state index is 0.393. The summed E-state index contributed by atoms with van der Waals surface area (Å²) in [6.07, 6.45) is 1.74. The smallest absolute Gasteiger partial charge is 0.157 e. The summed E-state index contributed by atoms with van der Waals surface area (Å²) in [5.41, 5.74) is 3.49. The third-order valence-corrected chi connectivity index (χ3v) is 4.50. The van der Waals surface area contributed by atoms with E-state index in [1.165, 1.54) is 0 Å². The fraction of sp³-hybridized carbons (Fsp3) is 0.100. The third kappa shape index (κ3) is 3.99. The molecule has 0 aliphatic carbocycles. The number of aromatic nitrogens is 3. The van der Waals surface area contributed by atoms with Crippen molar-refractivity contribution in [3.63, 3.8) is 0 Å². The van der Waals surface area contributed by atoms with Crippen LogP contribution in [0.25, 0.3) is 5.65 Å². The molecule has 0 spiro atoms. The van der Waals surface area contributed by atoms with Gasteiger partial charge in [-0.05, 0) is 48.9 Å². The summed E-state index contributed by atoms with van der Waals surface area (Å²) in [5.74, 6) is 1.41. The Hall–Kier alpha value is -2.76. The van der Waals surface area contributed by atoms with Crippen molar-refractivity contribution in [2.75, 3.05) is 5.32 Å². The van der Waals surface area contributed by atoms with Gasteiger partial charge < -0.3 is 10.1 Å². The van der Waals surface area contributed by atoms with Crippen LogP contribution in [0.15, 0.2) is 60.8 Å². The van der Waals surface area contributed by atoms with E-state index in [1.54, 1.807) is 10.7 Å². The Morgan fingerprint density at radius 2 is 1.96 bits per heavy atom. The maximum atomic E-state index is 6.39. The highest BCUT2D eigenvalue weighted by Crippen LogP contribution is 2.30. The minimum atomic E-state index is 0.393. The highest BCUT2D eigenvalue weighted by molar-refractivity contribution is 6.32. The number of nitrogens with one attached hydrogen (secondary N) is 1. The zero-order valence-electron chi connectivity index (χ0n) is 14.5. The van der Waals surface area contributed by atoms with E-state index >= 15 is 0 Å². The van der Waals surface area contributed by atoms with Gasteiger partial charge in [-0.15, -0.1) is 0 Å². The topological polar surface area (TPSA) is 51.5 Å². The number of anilines is 2. The second kappa shape index (κ2) is 7.47. The van der Waals surface area contributed by atoms with Crippen LogP contribution in [-0.2, 0) is 6.61 Å². The zero-order chi connectivity index (χ0) is 18.8. The molecule has 5 nitrogen and oxygen atoms in total. The van der Waals surface area contributed by atoms with Crippen molar-refractivity contribution in [2.45, 2.75) is 13.5 Å². The average molecular weight is 399 g/mol. The molecular formula is C20H16Cl2N4O. The summed E-state index contributed by atoms with van der Waals surface area (Å²) >= 11 is 12.4. The molecule has 0 radical (unpaired) electrons. The van der Waals surface area contributed by atoms with Crippen LogP contribution in [0.2, 0.25) is 10.0 Å². The van der Waals surface area contributed by atoms with Crippen molar-refractivity contribution in [3.05, 3.63) is 82.1 Å². The normalized spacial score (nSPS) is 10.9. The number of benzene rings is 2. The molecule has 0 bridgehead atoms. The van der Waals surface area contributed by atoms with Gasteiger partial charge in [0.25, 0.3) is 0 Å². The first-order valence-electron chi connectivity index (χ1n) is 8.34. The standard InChI is InChI=1S/C20H16Cl2N4O/c1-13-9-20-23-8-7-19(26(20)25-13)24-16-5-6-18(17(22)11-16)27-12-14-3-2-4-15(21)10-14/h2-11,24H,12H2,1H3. The lowest BCUT2D eigenvalue weighted by Gasteiger charge is -2.12. The van der Waals surface area contributed by atoms with E-state index in [2.05, 4.69) is 15.4 Å². The summed E-state index contributed by atoms with van der Waals surface area (Å²) in [6, 6.07) is 16.9. The maximum absolute atomic E-state index is 6.39. The Morgan fingerprint density at radius 1 is 1.07 bits per heavy atom. The van der Waals surface area contributed by atoms with E-state index in [0.29, 0.717) is 22.4 Å². The van der Waals surface area contributed by atoms with Crippen molar-refractivity contribution < 1.29 is 4.74 Å². The Kier molecular flexibility index (Phi) is 4.88. The summed E-state index contributed by atoms with van der Waals surface area (Å²) in [5, 5.41) is 8.95. The first-order chi connectivity index (χ1) is 13.1. The van der Waals surface area contributed by atoms with Crippen molar-refractivity contribution in [1.82, 2.24) is 14.6 Å². The molecule has 27 heavy (non-hydrogen) atoms. The van der Waals surface area contributed by atoms with Gasteiger partial charge in [-0.1, -0.05) is 35.3 Å². The molecular weight excluding hydrogens is 383 g/mol. The quantitative estimate of drug-likeness (QED) is 0.470. The van der Waals surface area contributed by atoms with Gasteiger partial charge in [0.1, 0.15) is 18.2 Å². The third-order valence-electron chi connectivity index (χ3n) is 3.97. The molecule has 2 aromatic carbocycles. The summed E-state index contributed by atoms with van der Waals surface area (Å²) in [6.45, 7) is 2.33. The van der Waals surface area contributed by atoms with Gasteiger partial charge >= 0.3 is 0 Å². The molecule has 0 amide bonds. The van der Waals surface area contributed by atoms with Gasteiger partial charge in [-0.2, -0.15) is 9.61 Å². The molecule has 2 aromatic heterocycles. The van der Waals surface area contributed by atoms with E-state index in [0.717, 1.165) is 28.4 Å². The van der Waals surface area contributed by atoms with Crippen LogP contribution in [0.4, 0.5) is 11.5 Å². The van der Waals surface area contributed by atoms with Crippen molar-refractivity contribution in [2.24, 2.45) is 0 Å². The van der Waals surface area contributed by atoms with Gasteiger partial charge in [0.2, 0.25) is 0 Å². The van der Waals surface area contributed by atoms with Gasteiger partial charge in [0, 0.05) is 23.0 Å². The molecule has 0 aliphatic rings. The van der Waals surface area contributed by atoms with E-state index in [4.69, 9.17) is 27.9 Å². The fourth-order valence-corrected chi connectivity index (χ4v) is 3.18. The molecule has 0 saturated heterocycles. The number of rotatable bonds is 5. The van der Waals surface area contributed by atoms with Crippen LogP contribution in [0.1, 0.15) is 11.3 Å². The SMILES string of the molecule is Cc1cc2nccc(Nc3ccc(OCc4cccc(Cl)c4)c(Cl)c3)n2n1. The average Bonchev–Trinajstić information content (AvgIpc) is 3.02. The van der Waals surface area contributed by atoms with E-state index < -0.39 is 0 Å². The number of halogens is 2. The molecule has 0 fully saturated rings. The molecule has 0 aliphatic heterocycles. The van der Waals surface area contributed by atoms with Crippen LogP contribution < -0.4 is 10.1 Å². The van der Waals surface area contributed by atoms with Gasteiger partial charge in [0.05, 0.1) is 10.7 Å². The van der Waals surface area contributed by atoms with Crippen LogP contribution in [0, 0.1) is 6.92 Å².